The lowest BCUT2D eigenvalue weighted by atomic mass is 10.2. The smallest absolute Gasteiger partial charge is 0.227 e. The standard InChI is InChI=1S/C16H15N3O2/c17-10-12-7-8-13(21-12)11-18-14-4-1-2-5-15(14)19-9-3-6-16(19)20/h1-2,4-5,7-8,18H,3,6,9,11H2. The summed E-state index contributed by atoms with van der Waals surface area (Å²) in [7, 11) is 0. The minimum atomic E-state index is 0.161. The van der Waals surface area contributed by atoms with Gasteiger partial charge in [-0.25, -0.2) is 0 Å². The first-order valence-corrected chi connectivity index (χ1v) is 6.90. The number of anilines is 2. The Kier molecular flexibility index (Phi) is 3.61. The number of benzene rings is 1. The third-order valence-corrected chi connectivity index (χ3v) is 3.49. The van der Waals surface area contributed by atoms with E-state index in [1.165, 1.54) is 0 Å². The molecule has 0 bridgehead atoms. The number of hydrogen-bond donors (Lipinski definition) is 1. The van der Waals surface area contributed by atoms with E-state index in [0.717, 1.165) is 24.3 Å². The lowest BCUT2D eigenvalue weighted by Crippen LogP contribution is -2.24. The van der Waals surface area contributed by atoms with Crippen molar-refractivity contribution in [3.8, 4) is 6.07 Å². The van der Waals surface area contributed by atoms with E-state index in [-0.39, 0.29) is 5.91 Å². The third kappa shape index (κ3) is 2.75. The molecule has 2 aromatic rings. The summed E-state index contributed by atoms with van der Waals surface area (Å²) in [5, 5.41) is 12.0. The summed E-state index contributed by atoms with van der Waals surface area (Å²) in [5.74, 6) is 1.15. The number of nitriles is 1. The van der Waals surface area contributed by atoms with Crippen LogP contribution in [-0.4, -0.2) is 12.5 Å². The first kappa shape index (κ1) is 13.3. The molecule has 1 aromatic carbocycles. The van der Waals surface area contributed by atoms with Gasteiger partial charge in [-0.05, 0) is 30.7 Å². The van der Waals surface area contributed by atoms with Crippen LogP contribution in [0.4, 0.5) is 11.4 Å². The van der Waals surface area contributed by atoms with Crippen molar-refractivity contribution < 1.29 is 9.21 Å². The maximum atomic E-state index is 11.9. The predicted octanol–water partition coefficient (Wildman–Crippen LogP) is 2.89. The van der Waals surface area contributed by atoms with Crippen LogP contribution >= 0.6 is 0 Å². The van der Waals surface area contributed by atoms with Gasteiger partial charge in [-0.1, -0.05) is 12.1 Å². The molecule has 5 heteroatoms. The zero-order valence-electron chi connectivity index (χ0n) is 11.5. The van der Waals surface area contributed by atoms with Gasteiger partial charge in [0.05, 0.1) is 17.9 Å². The van der Waals surface area contributed by atoms with Crippen LogP contribution in [0.2, 0.25) is 0 Å². The summed E-state index contributed by atoms with van der Waals surface area (Å²) in [6, 6.07) is 13.1. The molecule has 0 saturated carbocycles. The summed E-state index contributed by atoms with van der Waals surface area (Å²) in [4.78, 5) is 13.7. The maximum Gasteiger partial charge on any atom is 0.227 e. The topological polar surface area (TPSA) is 69.3 Å². The molecule has 0 unspecified atom stereocenters. The third-order valence-electron chi connectivity index (χ3n) is 3.49. The molecule has 1 aliphatic heterocycles. The largest absolute Gasteiger partial charge is 0.449 e. The predicted molar refractivity (Wildman–Crippen MR) is 78.8 cm³/mol. The highest BCUT2D eigenvalue weighted by Crippen LogP contribution is 2.29. The maximum absolute atomic E-state index is 11.9. The molecule has 0 radical (unpaired) electrons. The van der Waals surface area contributed by atoms with E-state index in [1.807, 2.05) is 35.2 Å². The molecule has 106 valence electrons. The first-order valence-electron chi connectivity index (χ1n) is 6.90. The number of nitrogens with one attached hydrogen (secondary N) is 1. The van der Waals surface area contributed by atoms with Gasteiger partial charge in [-0.3, -0.25) is 4.79 Å². The highest BCUT2D eigenvalue weighted by Gasteiger charge is 2.23. The highest BCUT2D eigenvalue weighted by atomic mass is 16.3. The molecule has 21 heavy (non-hydrogen) atoms. The lowest BCUT2D eigenvalue weighted by Gasteiger charge is -2.20. The summed E-state index contributed by atoms with van der Waals surface area (Å²) >= 11 is 0. The molecule has 1 N–H and O–H groups in total. The molecular weight excluding hydrogens is 266 g/mol. The first-order chi connectivity index (χ1) is 10.3. The fourth-order valence-corrected chi connectivity index (χ4v) is 2.48. The molecule has 2 heterocycles. The molecule has 0 atom stereocenters. The molecule has 1 fully saturated rings. The lowest BCUT2D eigenvalue weighted by molar-refractivity contribution is -0.117. The van der Waals surface area contributed by atoms with Crippen molar-refractivity contribution in [2.24, 2.45) is 0 Å². The van der Waals surface area contributed by atoms with E-state index in [9.17, 15) is 4.79 Å². The van der Waals surface area contributed by atoms with Gasteiger partial charge in [0.25, 0.3) is 0 Å². The minimum absolute atomic E-state index is 0.161. The molecule has 1 amide bonds. The average Bonchev–Trinajstić information content (AvgIpc) is 3.14. The highest BCUT2D eigenvalue weighted by molar-refractivity contribution is 5.98. The second-order valence-electron chi connectivity index (χ2n) is 4.90. The normalized spacial score (nSPS) is 14.2. The molecule has 1 aromatic heterocycles. The zero-order valence-corrected chi connectivity index (χ0v) is 11.5. The van der Waals surface area contributed by atoms with Crippen LogP contribution in [0.1, 0.15) is 24.4 Å². The number of carbonyl (C=O) groups is 1. The van der Waals surface area contributed by atoms with Gasteiger partial charge in [-0.15, -0.1) is 0 Å². The van der Waals surface area contributed by atoms with Crippen molar-refractivity contribution in [3.63, 3.8) is 0 Å². The van der Waals surface area contributed by atoms with Crippen molar-refractivity contribution in [2.75, 3.05) is 16.8 Å². The Morgan fingerprint density at radius 1 is 1.29 bits per heavy atom. The van der Waals surface area contributed by atoms with Gasteiger partial charge in [0.15, 0.2) is 0 Å². The van der Waals surface area contributed by atoms with Gasteiger partial charge in [0.1, 0.15) is 11.8 Å². The number of rotatable bonds is 4. The Morgan fingerprint density at radius 3 is 2.86 bits per heavy atom. The Bertz CT molecular complexity index is 700. The number of nitrogens with zero attached hydrogens (tertiary/aromatic N) is 2. The molecule has 3 rings (SSSR count). The van der Waals surface area contributed by atoms with Crippen LogP contribution in [0, 0.1) is 11.3 Å². The number of hydrogen-bond acceptors (Lipinski definition) is 4. The van der Waals surface area contributed by atoms with Crippen LogP contribution < -0.4 is 10.2 Å². The summed E-state index contributed by atoms with van der Waals surface area (Å²) < 4.78 is 5.34. The Labute approximate surface area is 122 Å². The monoisotopic (exact) mass is 281 g/mol. The quantitative estimate of drug-likeness (QED) is 0.935. The second-order valence-corrected chi connectivity index (χ2v) is 4.90. The van der Waals surface area contributed by atoms with Crippen molar-refractivity contribution in [2.45, 2.75) is 19.4 Å². The summed E-state index contributed by atoms with van der Waals surface area (Å²) in [6.45, 7) is 1.23. The van der Waals surface area contributed by atoms with Crippen molar-refractivity contribution in [1.82, 2.24) is 0 Å². The molecule has 5 nitrogen and oxygen atoms in total. The molecule has 1 aliphatic rings. The van der Waals surface area contributed by atoms with Gasteiger partial charge in [0.2, 0.25) is 11.7 Å². The Balaban J connectivity index is 1.76. The van der Waals surface area contributed by atoms with E-state index in [2.05, 4.69) is 5.32 Å². The van der Waals surface area contributed by atoms with Crippen LogP contribution in [0.25, 0.3) is 0 Å². The summed E-state index contributed by atoms with van der Waals surface area (Å²) in [5.41, 5.74) is 1.79. The number of amides is 1. The number of para-hydroxylation sites is 2. The van der Waals surface area contributed by atoms with E-state index >= 15 is 0 Å². The summed E-state index contributed by atoms with van der Waals surface area (Å²) in [6.07, 6.45) is 1.51. The average molecular weight is 281 g/mol. The van der Waals surface area contributed by atoms with Gasteiger partial charge >= 0.3 is 0 Å². The van der Waals surface area contributed by atoms with Gasteiger partial charge in [-0.2, -0.15) is 5.26 Å². The van der Waals surface area contributed by atoms with Crippen LogP contribution in [0.3, 0.4) is 0 Å². The molecule has 0 aliphatic carbocycles. The minimum Gasteiger partial charge on any atom is -0.449 e. The Hall–Kier alpha value is -2.74. The molecule has 1 saturated heterocycles. The van der Waals surface area contributed by atoms with E-state index in [0.29, 0.717) is 24.5 Å². The zero-order chi connectivity index (χ0) is 14.7. The van der Waals surface area contributed by atoms with Gasteiger partial charge < -0.3 is 14.6 Å². The molecular formula is C16H15N3O2. The van der Waals surface area contributed by atoms with E-state index < -0.39 is 0 Å². The molecule has 0 spiro atoms. The SMILES string of the molecule is N#Cc1ccc(CNc2ccccc2N2CCCC2=O)o1. The van der Waals surface area contributed by atoms with Gasteiger partial charge in [0, 0.05) is 13.0 Å². The van der Waals surface area contributed by atoms with Crippen LogP contribution in [0.5, 0.6) is 0 Å². The van der Waals surface area contributed by atoms with Crippen molar-refractivity contribution in [3.05, 3.63) is 47.9 Å². The fourth-order valence-electron chi connectivity index (χ4n) is 2.48. The van der Waals surface area contributed by atoms with E-state index in [1.54, 1.807) is 12.1 Å². The second kappa shape index (κ2) is 5.71. The van der Waals surface area contributed by atoms with Crippen LogP contribution in [-0.2, 0) is 11.3 Å². The van der Waals surface area contributed by atoms with E-state index in [4.69, 9.17) is 9.68 Å². The van der Waals surface area contributed by atoms with Crippen LogP contribution in [0.15, 0.2) is 40.8 Å². The fraction of sp³-hybridized carbons (Fsp3) is 0.250. The number of carbonyl (C=O) groups excluding carboxylic acids is 1. The van der Waals surface area contributed by atoms with Crippen molar-refractivity contribution in [1.29, 1.82) is 5.26 Å². The Morgan fingerprint density at radius 2 is 2.14 bits per heavy atom. The number of furan rings is 1. The van der Waals surface area contributed by atoms with Crippen molar-refractivity contribution >= 4 is 17.3 Å².